The van der Waals surface area contributed by atoms with Crippen LogP contribution in [0, 0.1) is 13.8 Å². The third-order valence-electron chi connectivity index (χ3n) is 3.83. The number of hydrogen-bond donors (Lipinski definition) is 2. The summed E-state index contributed by atoms with van der Waals surface area (Å²) in [6.07, 6.45) is 4.04. The molecule has 1 aromatic rings. The molecule has 1 aliphatic rings. The third kappa shape index (κ3) is 5.14. The minimum Gasteiger partial charge on any atom is -0.356 e. The van der Waals surface area contributed by atoms with Gasteiger partial charge in [-0.25, -0.2) is 0 Å². The van der Waals surface area contributed by atoms with E-state index in [1.54, 1.807) is 0 Å². The van der Waals surface area contributed by atoms with E-state index in [1.165, 1.54) is 24.0 Å². The number of amides is 1. The standard InChI is InChI=1S/C16H24N2O.ClH/c1-12-5-6-13(2)14(10-12)11-16(19)18-9-7-15-4-3-8-17-15;/h5-6,10,15,17H,3-4,7-9,11H2,1-2H3,(H,18,19);1H/t15-;/m1./s1. The number of aryl methyl sites for hydroxylation is 2. The summed E-state index contributed by atoms with van der Waals surface area (Å²) in [5.74, 6) is 0.131. The molecule has 1 heterocycles. The van der Waals surface area contributed by atoms with Crippen LogP contribution < -0.4 is 10.6 Å². The van der Waals surface area contributed by atoms with Crippen molar-refractivity contribution in [3.63, 3.8) is 0 Å². The van der Waals surface area contributed by atoms with E-state index in [0.29, 0.717) is 12.5 Å². The second-order valence-corrected chi connectivity index (χ2v) is 5.54. The highest BCUT2D eigenvalue weighted by molar-refractivity contribution is 5.85. The first-order valence-electron chi connectivity index (χ1n) is 7.21. The zero-order chi connectivity index (χ0) is 13.7. The van der Waals surface area contributed by atoms with E-state index in [1.807, 2.05) is 0 Å². The van der Waals surface area contributed by atoms with Gasteiger partial charge < -0.3 is 10.6 Å². The highest BCUT2D eigenvalue weighted by atomic mass is 35.5. The molecule has 0 radical (unpaired) electrons. The van der Waals surface area contributed by atoms with Gasteiger partial charge in [-0.3, -0.25) is 4.79 Å². The number of carbonyl (C=O) groups excluding carboxylic acids is 1. The molecule has 1 aromatic carbocycles. The van der Waals surface area contributed by atoms with Crippen molar-refractivity contribution in [2.45, 2.75) is 45.6 Å². The molecule has 0 unspecified atom stereocenters. The molecule has 4 heteroatoms. The lowest BCUT2D eigenvalue weighted by atomic mass is 10.0. The van der Waals surface area contributed by atoms with Gasteiger partial charge in [-0.05, 0) is 50.8 Å². The maximum absolute atomic E-state index is 11.9. The molecule has 1 amide bonds. The summed E-state index contributed by atoms with van der Waals surface area (Å²) in [4.78, 5) is 11.9. The van der Waals surface area contributed by atoms with Gasteiger partial charge in [0.15, 0.2) is 0 Å². The summed E-state index contributed by atoms with van der Waals surface area (Å²) >= 11 is 0. The number of benzene rings is 1. The van der Waals surface area contributed by atoms with E-state index < -0.39 is 0 Å². The Morgan fingerprint density at radius 3 is 2.90 bits per heavy atom. The van der Waals surface area contributed by atoms with Crippen LogP contribution in [0.25, 0.3) is 0 Å². The molecule has 2 rings (SSSR count). The Labute approximate surface area is 127 Å². The highest BCUT2D eigenvalue weighted by Crippen LogP contribution is 2.11. The van der Waals surface area contributed by atoms with Crippen LogP contribution in [-0.2, 0) is 11.2 Å². The lowest BCUT2D eigenvalue weighted by Crippen LogP contribution is -2.31. The second-order valence-electron chi connectivity index (χ2n) is 5.54. The van der Waals surface area contributed by atoms with Crippen molar-refractivity contribution in [2.75, 3.05) is 13.1 Å². The third-order valence-corrected chi connectivity index (χ3v) is 3.83. The molecular formula is C16H25ClN2O. The van der Waals surface area contributed by atoms with Gasteiger partial charge in [0.25, 0.3) is 0 Å². The number of halogens is 1. The van der Waals surface area contributed by atoms with Crippen LogP contribution >= 0.6 is 12.4 Å². The fourth-order valence-corrected chi connectivity index (χ4v) is 2.62. The summed E-state index contributed by atoms with van der Waals surface area (Å²) < 4.78 is 0. The van der Waals surface area contributed by atoms with Crippen molar-refractivity contribution in [2.24, 2.45) is 0 Å². The summed E-state index contributed by atoms with van der Waals surface area (Å²) in [5, 5.41) is 6.47. The van der Waals surface area contributed by atoms with E-state index in [-0.39, 0.29) is 18.3 Å². The number of rotatable bonds is 5. The van der Waals surface area contributed by atoms with Crippen molar-refractivity contribution < 1.29 is 4.79 Å². The van der Waals surface area contributed by atoms with Crippen molar-refractivity contribution >= 4 is 18.3 Å². The molecule has 2 N–H and O–H groups in total. The van der Waals surface area contributed by atoms with Crippen LogP contribution in [0.4, 0.5) is 0 Å². The zero-order valence-electron chi connectivity index (χ0n) is 12.4. The van der Waals surface area contributed by atoms with Crippen molar-refractivity contribution in [3.05, 3.63) is 34.9 Å². The molecule has 1 saturated heterocycles. The SMILES string of the molecule is Cc1ccc(C)c(CC(=O)NCC[C@H]2CCCN2)c1.Cl. The van der Waals surface area contributed by atoms with Gasteiger partial charge in [-0.1, -0.05) is 23.8 Å². The molecular weight excluding hydrogens is 272 g/mol. The Kier molecular flexibility index (Phi) is 7.03. The van der Waals surface area contributed by atoms with Gasteiger partial charge in [0.05, 0.1) is 6.42 Å². The number of hydrogen-bond acceptors (Lipinski definition) is 2. The van der Waals surface area contributed by atoms with E-state index in [9.17, 15) is 4.79 Å². The molecule has 20 heavy (non-hydrogen) atoms. The molecule has 0 bridgehead atoms. The zero-order valence-corrected chi connectivity index (χ0v) is 13.2. The van der Waals surface area contributed by atoms with Crippen LogP contribution in [-0.4, -0.2) is 25.0 Å². The summed E-state index contributed by atoms with van der Waals surface area (Å²) in [6, 6.07) is 6.87. The molecule has 0 spiro atoms. The molecule has 0 saturated carbocycles. The van der Waals surface area contributed by atoms with Crippen molar-refractivity contribution in [3.8, 4) is 0 Å². The Bertz CT molecular complexity index is 442. The van der Waals surface area contributed by atoms with Gasteiger partial charge >= 0.3 is 0 Å². The fraction of sp³-hybridized carbons (Fsp3) is 0.562. The monoisotopic (exact) mass is 296 g/mol. The summed E-state index contributed by atoms with van der Waals surface area (Å²) in [6.45, 7) is 6.03. The fourth-order valence-electron chi connectivity index (χ4n) is 2.62. The average Bonchev–Trinajstić information content (AvgIpc) is 2.87. The van der Waals surface area contributed by atoms with Gasteiger partial charge in [-0.15, -0.1) is 12.4 Å². The Morgan fingerprint density at radius 1 is 1.40 bits per heavy atom. The van der Waals surface area contributed by atoms with Gasteiger partial charge in [0.1, 0.15) is 0 Å². The quantitative estimate of drug-likeness (QED) is 0.877. The molecule has 0 aliphatic carbocycles. The van der Waals surface area contributed by atoms with Crippen LogP contribution in [0.1, 0.15) is 36.0 Å². The maximum Gasteiger partial charge on any atom is 0.224 e. The first-order chi connectivity index (χ1) is 9.15. The van der Waals surface area contributed by atoms with E-state index in [2.05, 4.69) is 42.7 Å². The molecule has 1 aliphatic heterocycles. The largest absolute Gasteiger partial charge is 0.356 e. The van der Waals surface area contributed by atoms with Crippen LogP contribution in [0.15, 0.2) is 18.2 Å². The smallest absolute Gasteiger partial charge is 0.224 e. The molecule has 3 nitrogen and oxygen atoms in total. The Morgan fingerprint density at radius 2 is 2.20 bits per heavy atom. The first-order valence-corrected chi connectivity index (χ1v) is 7.21. The summed E-state index contributed by atoms with van der Waals surface area (Å²) in [5.41, 5.74) is 3.54. The van der Waals surface area contributed by atoms with Gasteiger partial charge in [0.2, 0.25) is 5.91 Å². The first kappa shape index (κ1) is 17.0. The van der Waals surface area contributed by atoms with Crippen LogP contribution in [0.5, 0.6) is 0 Å². The van der Waals surface area contributed by atoms with E-state index in [0.717, 1.165) is 25.1 Å². The maximum atomic E-state index is 11.9. The van der Waals surface area contributed by atoms with Gasteiger partial charge in [-0.2, -0.15) is 0 Å². The number of carbonyl (C=O) groups is 1. The topological polar surface area (TPSA) is 41.1 Å². The minimum atomic E-state index is 0. The Balaban J connectivity index is 0.00000200. The normalized spacial score (nSPS) is 17.6. The molecule has 112 valence electrons. The molecule has 1 fully saturated rings. The minimum absolute atomic E-state index is 0. The van der Waals surface area contributed by atoms with E-state index >= 15 is 0 Å². The number of nitrogens with one attached hydrogen (secondary N) is 2. The lowest BCUT2D eigenvalue weighted by Gasteiger charge is -2.11. The predicted molar refractivity (Wildman–Crippen MR) is 85.5 cm³/mol. The Hall–Kier alpha value is -1.06. The highest BCUT2D eigenvalue weighted by Gasteiger charge is 2.13. The van der Waals surface area contributed by atoms with Crippen molar-refractivity contribution in [1.82, 2.24) is 10.6 Å². The van der Waals surface area contributed by atoms with Gasteiger partial charge in [0, 0.05) is 12.6 Å². The predicted octanol–water partition coefficient (Wildman–Crippen LogP) is 2.53. The summed E-state index contributed by atoms with van der Waals surface area (Å²) in [7, 11) is 0. The van der Waals surface area contributed by atoms with Crippen molar-refractivity contribution in [1.29, 1.82) is 0 Å². The molecule has 0 aromatic heterocycles. The van der Waals surface area contributed by atoms with Crippen LogP contribution in [0.3, 0.4) is 0 Å². The van der Waals surface area contributed by atoms with E-state index in [4.69, 9.17) is 0 Å². The average molecular weight is 297 g/mol. The van der Waals surface area contributed by atoms with Crippen LogP contribution in [0.2, 0.25) is 0 Å². The lowest BCUT2D eigenvalue weighted by molar-refractivity contribution is -0.120. The second kappa shape index (κ2) is 8.28. The molecule has 1 atom stereocenters.